The molecule has 282 valence electrons. The fourth-order valence-corrected chi connectivity index (χ4v) is 2.18. The van der Waals surface area contributed by atoms with E-state index in [1.165, 1.54) is 0 Å². The Morgan fingerprint density at radius 1 is 0.302 bits per heavy atom. The molecule has 4 aromatic rings. The average molecular weight is 786 g/mol. The minimum Gasteiger partial charge on any atom is -1.00 e. The summed E-state index contributed by atoms with van der Waals surface area (Å²) >= 11 is 0. The minimum atomic E-state index is -2.17. The molecule has 0 amide bonds. The van der Waals surface area contributed by atoms with Gasteiger partial charge in [0.05, 0.1) is 0 Å². The topological polar surface area (TPSA) is 60.7 Å². The number of benzene rings is 4. The van der Waals surface area contributed by atoms with Crippen LogP contribution < -0.4 is 56.6 Å². The molecule has 0 aliphatic heterocycles. The second-order valence-corrected chi connectivity index (χ2v) is 7.48. The summed E-state index contributed by atoms with van der Waals surface area (Å²) in [6.45, 7) is 5.00. The summed E-state index contributed by atoms with van der Waals surface area (Å²) in [4.78, 5) is 0. The quantitative estimate of drug-likeness (QED) is 0.0746. The zero-order valence-corrected chi connectivity index (χ0v) is 26.5. The zero-order valence-electron chi connectivity index (χ0n) is 28.5. The van der Waals surface area contributed by atoms with E-state index in [0.717, 1.165) is 0 Å². The van der Waals surface area contributed by atoms with Crippen molar-refractivity contribution >= 4 is 7.32 Å². The molecule has 0 aliphatic rings. The number of halogens is 20. The van der Waals surface area contributed by atoms with E-state index in [1.54, 1.807) is 6.92 Å². The number of hydrogen-bond donors (Lipinski definition) is 3. The van der Waals surface area contributed by atoms with Gasteiger partial charge in [0, 0.05) is 24.3 Å². The Morgan fingerprint density at radius 2 is 0.377 bits per heavy atom. The third kappa shape index (κ3) is 18.4. The van der Waals surface area contributed by atoms with Crippen LogP contribution in [0.5, 0.6) is 0 Å². The summed E-state index contributed by atoms with van der Waals surface area (Å²) in [5.74, 6) is -38.6. The van der Waals surface area contributed by atoms with Gasteiger partial charge in [0.25, 0.3) is 0 Å². The fraction of sp³-hybridized carbons (Fsp3) is 0.0385. The normalized spacial score (nSPS) is 9.15. The Balaban J connectivity index is -0.000000103. The molecule has 3 N–H and O–H groups in total. The van der Waals surface area contributed by atoms with Crippen molar-refractivity contribution in [3.63, 3.8) is 0 Å². The first-order valence-corrected chi connectivity index (χ1v) is 11.6. The summed E-state index contributed by atoms with van der Waals surface area (Å²) in [5, 5.41) is 21.5. The number of hydrogen-bond acceptors (Lipinski definition) is 3. The van der Waals surface area contributed by atoms with Gasteiger partial charge in [-0.05, 0) is 0 Å². The van der Waals surface area contributed by atoms with Crippen molar-refractivity contribution in [3.8, 4) is 0 Å². The van der Waals surface area contributed by atoms with Gasteiger partial charge in [-0.15, -0.1) is 0 Å². The Labute approximate surface area is 323 Å². The predicted octanol–water partition coefficient (Wildman–Crippen LogP) is -0.446. The van der Waals surface area contributed by atoms with Crippen LogP contribution in [-0.4, -0.2) is 22.4 Å². The number of rotatable bonds is 0. The van der Waals surface area contributed by atoms with Crippen LogP contribution in [0.1, 0.15) is 9.78 Å². The van der Waals surface area contributed by atoms with E-state index in [2.05, 4.69) is 6.92 Å². The third-order valence-electron chi connectivity index (χ3n) is 4.23. The Hall–Kier alpha value is -2.78. The van der Waals surface area contributed by atoms with Crippen molar-refractivity contribution in [2.45, 2.75) is 6.92 Å². The standard InChI is InChI=1S/4C6HF5.C2H5.BH3O3.3Li.2H/c4*7-2-1-3(8)5(10)6(11)4(2)9;1-2;2-1(3)4;;;;;/h4*1H;1H2,2H3;2-4H;;;;;/q;;;;-1;;3*+1;2*-1. The van der Waals surface area contributed by atoms with E-state index in [1.807, 2.05) is 0 Å². The maximum atomic E-state index is 12.0. The maximum absolute atomic E-state index is 12.0. The smallest absolute Gasteiger partial charge is 1.00 e. The van der Waals surface area contributed by atoms with Crippen molar-refractivity contribution < 1.29 is 162 Å². The molecule has 0 aliphatic carbocycles. The Bertz CT molecular complexity index is 1410. The predicted molar refractivity (Wildman–Crippen MR) is 131 cm³/mol. The molecule has 27 heteroatoms. The molecule has 4 aromatic carbocycles. The molecule has 0 fully saturated rings. The van der Waals surface area contributed by atoms with Crippen molar-refractivity contribution in [2.75, 3.05) is 0 Å². The van der Waals surface area contributed by atoms with Gasteiger partial charge in [-0.3, -0.25) is 0 Å². The Morgan fingerprint density at radius 3 is 0.453 bits per heavy atom. The van der Waals surface area contributed by atoms with Gasteiger partial charge in [-0.25, -0.2) is 87.8 Å². The van der Waals surface area contributed by atoms with Crippen LogP contribution in [0.4, 0.5) is 87.8 Å². The zero-order chi connectivity index (χ0) is 40.0. The third-order valence-corrected chi connectivity index (χ3v) is 4.23. The van der Waals surface area contributed by atoms with E-state index in [4.69, 9.17) is 15.1 Å². The van der Waals surface area contributed by atoms with Crippen LogP contribution in [-0.2, 0) is 0 Å². The molecule has 4 rings (SSSR count). The van der Waals surface area contributed by atoms with Crippen LogP contribution in [0.3, 0.4) is 0 Å². The van der Waals surface area contributed by atoms with Gasteiger partial charge >= 0.3 is 63.9 Å². The monoisotopic (exact) mass is 786 g/mol. The summed E-state index contributed by atoms with van der Waals surface area (Å²) in [6.07, 6.45) is 0. The molecule has 0 radical (unpaired) electrons. The van der Waals surface area contributed by atoms with Gasteiger partial charge in [0.15, 0.2) is 93.1 Å². The second kappa shape index (κ2) is 27.7. The molecule has 0 aromatic heterocycles. The van der Waals surface area contributed by atoms with Crippen molar-refractivity contribution in [1.82, 2.24) is 0 Å². The molecule has 0 atom stereocenters. The van der Waals surface area contributed by atoms with E-state index >= 15 is 0 Å². The summed E-state index contributed by atoms with van der Waals surface area (Å²) in [5.41, 5.74) is 0. The van der Waals surface area contributed by atoms with E-state index in [9.17, 15) is 87.8 Å². The van der Waals surface area contributed by atoms with Gasteiger partial charge in [0.2, 0.25) is 23.3 Å². The fourth-order valence-electron chi connectivity index (χ4n) is 2.18. The summed E-state index contributed by atoms with van der Waals surface area (Å²) in [6, 6.07) is -0.247. The van der Waals surface area contributed by atoms with Gasteiger partial charge in [-0.2, -0.15) is 6.92 Å². The van der Waals surface area contributed by atoms with Crippen molar-refractivity contribution in [2.24, 2.45) is 0 Å². The maximum Gasteiger partial charge on any atom is 1.00 e. The summed E-state index contributed by atoms with van der Waals surface area (Å²) in [7, 11) is -2.17. The first kappa shape index (κ1) is 59.5. The molecule has 0 saturated heterocycles. The van der Waals surface area contributed by atoms with Gasteiger partial charge < -0.3 is 24.8 Å². The minimum absolute atomic E-state index is 0. The Kier molecular flexibility index (Phi) is 31.1. The van der Waals surface area contributed by atoms with Crippen LogP contribution in [0.15, 0.2) is 24.3 Å². The van der Waals surface area contributed by atoms with E-state index in [-0.39, 0.29) is 83.7 Å². The molecule has 0 heterocycles. The molecule has 0 saturated carbocycles. The average Bonchev–Trinajstić information content (AvgIpc) is 3.06. The van der Waals surface area contributed by atoms with Crippen LogP contribution in [0.2, 0.25) is 0 Å². The van der Waals surface area contributed by atoms with Crippen molar-refractivity contribution in [1.29, 1.82) is 0 Å². The van der Waals surface area contributed by atoms with E-state index < -0.39 is 124 Å². The largest absolute Gasteiger partial charge is 1.00 e. The van der Waals surface area contributed by atoms with E-state index in [0.29, 0.717) is 0 Å². The van der Waals surface area contributed by atoms with Gasteiger partial charge in [0.1, 0.15) is 0 Å². The summed E-state index contributed by atoms with van der Waals surface area (Å²) < 4.78 is 240. The molecule has 0 unspecified atom stereocenters. The van der Waals surface area contributed by atoms with Crippen LogP contribution in [0.25, 0.3) is 0 Å². The molecular weight excluding hydrogens is 772 g/mol. The SMILES string of the molecule is Fc1cc(F)c(F)c(F)c1F.Fc1cc(F)c(F)c(F)c1F.Fc1cc(F)c(F)c(F)c1F.Fc1cc(F)c(F)c(F)c1F.OB(O)O.[CH2-]C.[H-].[H-].[Li+].[Li+].[Li+]. The first-order valence-electron chi connectivity index (χ1n) is 11.6. The molecule has 0 bridgehead atoms. The second-order valence-electron chi connectivity index (χ2n) is 7.48. The molecule has 53 heavy (non-hydrogen) atoms. The molecule has 3 nitrogen and oxygen atoms in total. The molecular formula is C26H14BF20Li3O3. The van der Waals surface area contributed by atoms with Crippen molar-refractivity contribution in [3.05, 3.63) is 148 Å². The molecule has 0 spiro atoms. The van der Waals surface area contributed by atoms with Crippen LogP contribution >= 0.6 is 0 Å². The van der Waals surface area contributed by atoms with Crippen LogP contribution in [0, 0.1) is 123 Å². The first-order chi connectivity index (χ1) is 22.9. The van der Waals surface area contributed by atoms with Gasteiger partial charge in [-0.1, -0.05) is 0 Å².